The van der Waals surface area contributed by atoms with Gasteiger partial charge in [0, 0.05) is 13.0 Å². The summed E-state index contributed by atoms with van der Waals surface area (Å²) in [5.41, 5.74) is 0. The van der Waals surface area contributed by atoms with Gasteiger partial charge in [-0.15, -0.1) is 0 Å². The summed E-state index contributed by atoms with van der Waals surface area (Å²) in [6, 6.07) is 0. The van der Waals surface area contributed by atoms with Crippen LogP contribution in [-0.4, -0.2) is 50.6 Å². The van der Waals surface area contributed by atoms with Gasteiger partial charge in [0.15, 0.2) is 0 Å². The maximum atomic E-state index is 11.7. The molecule has 0 heterocycles. The Morgan fingerprint density at radius 2 is 1.31 bits per heavy atom. The van der Waals surface area contributed by atoms with Crippen molar-refractivity contribution in [2.75, 3.05) is 39.6 Å². The summed E-state index contributed by atoms with van der Waals surface area (Å²) in [5, 5.41) is 11.4. The molecule has 29 heavy (non-hydrogen) atoms. The van der Waals surface area contributed by atoms with Crippen LogP contribution in [0.3, 0.4) is 0 Å². The number of rotatable bonds is 23. The second kappa shape index (κ2) is 25.1. The molecule has 0 radical (unpaired) electrons. The summed E-state index contributed by atoms with van der Waals surface area (Å²) in [7, 11) is 0. The van der Waals surface area contributed by atoms with Gasteiger partial charge in [0.2, 0.25) is 5.91 Å². The quantitative estimate of drug-likeness (QED) is 0.179. The molecule has 172 valence electrons. The smallest absolute Gasteiger partial charge is 0.220 e. The van der Waals surface area contributed by atoms with E-state index in [2.05, 4.69) is 24.4 Å². The Kier molecular flexibility index (Phi) is 24.3. The molecule has 5 heteroatoms. The minimum atomic E-state index is 0.0341. The molecule has 0 aliphatic heterocycles. The van der Waals surface area contributed by atoms with E-state index in [-0.39, 0.29) is 12.5 Å². The lowest BCUT2D eigenvalue weighted by molar-refractivity contribution is -0.121. The number of amides is 1. The zero-order valence-corrected chi connectivity index (χ0v) is 19.0. The first-order valence-electron chi connectivity index (χ1n) is 12.0. The lowest BCUT2D eigenvalue weighted by Gasteiger charge is -2.07. The lowest BCUT2D eigenvalue weighted by atomic mass is 10.1. The zero-order valence-electron chi connectivity index (χ0n) is 19.0. The van der Waals surface area contributed by atoms with E-state index in [9.17, 15) is 4.79 Å². The highest BCUT2D eigenvalue weighted by Gasteiger charge is 2.00. The van der Waals surface area contributed by atoms with Crippen molar-refractivity contribution in [3.8, 4) is 0 Å². The molecule has 5 nitrogen and oxygen atoms in total. The third-order valence-corrected chi connectivity index (χ3v) is 4.84. The first-order chi connectivity index (χ1) is 14.3. The minimum Gasteiger partial charge on any atom is -0.394 e. The fraction of sp³-hybridized carbons (Fsp3) is 0.875. The van der Waals surface area contributed by atoms with E-state index in [1.165, 1.54) is 70.6 Å². The van der Waals surface area contributed by atoms with Gasteiger partial charge in [-0.3, -0.25) is 4.79 Å². The van der Waals surface area contributed by atoms with Crippen molar-refractivity contribution in [2.45, 2.75) is 96.8 Å². The van der Waals surface area contributed by atoms with Crippen molar-refractivity contribution in [1.82, 2.24) is 5.32 Å². The third-order valence-electron chi connectivity index (χ3n) is 4.84. The zero-order chi connectivity index (χ0) is 21.3. The molecule has 0 aliphatic rings. The Morgan fingerprint density at radius 3 is 1.93 bits per heavy atom. The summed E-state index contributed by atoms with van der Waals surface area (Å²) in [6.07, 6.45) is 21.8. The fourth-order valence-electron chi connectivity index (χ4n) is 3.09. The molecule has 0 atom stereocenters. The Balaban J connectivity index is 3.19. The van der Waals surface area contributed by atoms with Crippen molar-refractivity contribution in [1.29, 1.82) is 0 Å². The summed E-state index contributed by atoms with van der Waals surface area (Å²) in [6.45, 7) is 4.65. The van der Waals surface area contributed by atoms with Crippen LogP contribution >= 0.6 is 0 Å². The predicted octanol–water partition coefficient (Wildman–Crippen LogP) is 5.17. The lowest BCUT2D eigenvalue weighted by Crippen LogP contribution is -2.27. The number of allylic oxidation sites excluding steroid dienone is 2. The van der Waals surface area contributed by atoms with E-state index in [0.717, 1.165) is 12.8 Å². The summed E-state index contributed by atoms with van der Waals surface area (Å²) < 4.78 is 10.4. The highest BCUT2D eigenvalue weighted by atomic mass is 16.5. The monoisotopic (exact) mass is 413 g/mol. The summed E-state index contributed by atoms with van der Waals surface area (Å²) in [5.74, 6) is 0.114. The van der Waals surface area contributed by atoms with Gasteiger partial charge in [-0.05, 0) is 32.1 Å². The number of carbonyl (C=O) groups excluding carboxylic acids is 1. The fourth-order valence-corrected chi connectivity index (χ4v) is 3.09. The molecule has 0 bridgehead atoms. The van der Waals surface area contributed by atoms with Crippen LogP contribution in [0.4, 0.5) is 0 Å². The van der Waals surface area contributed by atoms with Crippen LogP contribution in [0.15, 0.2) is 12.2 Å². The van der Waals surface area contributed by atoms with Crippen LogP contribution in [0.2, 0.25) is 0 Å². The van der Waals surface area contributed by atoms with Crippen LogP contribution in [0.1, 0.15) is 96.8 Å². The number of nitrogens with one attached hydrogen (secondary N) is 1. The molecule has 0 spiro atoms. The van der Waals surface area contributed by atoms with Gasteiger partial charge in [0.1, 0.15) is 0 Å². The third kappa shape index (κ3) is 25.1. The van der Waals surface area contributed by atoms with E-state index in [0.29, 0.717) is 39.4 Å². The van der Waals surface area contributed by atoms with Crippen molar-refractivity contribution < 1.29 is 19.4 Å². The largest absolute Gasteiger partial charge is 0.394 e. The summed E-state index contributed by atoms with van der Waals surface area (Å²) >= 11 is 0. The highest BCUT2D eigenvalue weighted by molar-refractivity contribution is 5.75. The average Bonchev–Trinajstić information content (AvgIpc) is 2.72. The molecular weight excluding hydrogens is 366 g/mol. The van der Waals surface area contributed by atoms with Crippen LogP contribution in [0.5, 0.6) is 0 Å². The highest BCUT2D eigenvalue weighted by Crippen LogP contribution is 2.09. The maximum absolute atomic E-state index is 11.7. The molecule has 0 fully saturated rings. The SMILES string of the molecule is CCCCCCCC/C=C/CCCCCCCC(=O)NCCOCCOCCO. The number of unbranched alkanes of at least 4 members (excludes halogenated alkanes) is 11. The van der Waals surface area contributed by atoms with E-state index < -0.39 is 0 Å². The molecule has 2 N–H and O–H groups in total. The van der Waals surface area contributed by atoms with Crippen molar-refractivity contribution >= 4 is 5.91 Å². The van der Waals surface area contributed by atoms with Crippen molar-refractivity contribution in [2.24, 2.45) is 0 Å². The number of aliphatic hydroxyl groups excluding tert-OH is 1. The number of hydrogen-bond acceptors (Lipinski definition) is 4. The number of carbonyl (C=O) groups is 1. The van der Waals surface area contributed by atoms with Gasteiger partial charge < -0.3 is 19.9 Å². The standard InChI is InChI=1S/C24H47NO4/c1-2-3-4-5-6-7-8-9-10-11-12-13-14-15-16-17-24(27)25-18-20-28-22-23-29-21-19-26/h9-10,26H,2-8,11-23H2,1H3,(H,25,27)/b10-9+. The van der Waals surface area contributed by atoms with Crippen molar-refractivity contribution in [3.63, 3.8) is 0 Å². The van der Waals surface area contributed by atoms with E-state index in [1.807, 2.05) is 0 Å². The molecule has 0 aromatic heterocycles. The molecule has 0 aliphatic carbocycles. The first kappa shape index (κ1) is 28.1. The van der Waals surface area contributed by atoms with Gasteiger partial charge in [-0.25, -0.2) is 0 Å². The predicted molar refractivity (Wildman–Crippen MR) is 121 cm³/mol. The molecule has 0 saturated carbocycles. The Bertz CT molecular complexity index is 361. The van der Waals surface area contributed by atoms with Crippen LogP contribution in [0, 0.1) is 0 Å². The minimum absolute atomic E-state index is 0.0341. The normalized spacial score (nSPS) is 11.4. The second-order valence-electron chi connectivity index (χ2n) is 7.63. The molecule has 0 aromatic carbocycles. The molecular formula is C24H47NO4. The van der Waals surface area contributed by atoms with Gasteiger partial charge in [-0.1, -0.05) is 70.4 Å². The maximum Gasteiger partial charge on any atom is 0.220 e. The number of aliphatic hydroxyl groups is 1. The van der Waals surface area contributed by atoms with Crippen LogP contribution in [0.25, 0.3) is 0 Å². The number of ether oxygens (including phenoxy) is 2. The van der Waals surface area contributed by atoms with E-state index in [4.69, 9.17) is 14.6 Å². The van der Waals surface area contributed by atoms with Gasteiger partial charge in [-0.2, -0.15) is 0 Å². The Labute approximate surface area is 179 Å². The van der Waals surface area contributed by atoms with Gasteiger partial charge >= 0.3 is 0 Å². The van der Waals surface area contributed by atoms with Crippen molar-refractivity contribution in [3.05, 3.63) is 12.2 Å². The molecule has 0 aromatic rings. The van der Waals surface area contributed by atoms with Gasteiger partial charge in [0.25, 0.3) is 0 Å². The van der Waals surface area contributed by atoms with Crippen LogP contribution in [-0.2, 0) is 14.3 Å². The van der Waals surface area contributed by atoms with E-state index >= 15 is 0 Å². The molecule has 0 unspecified atom stereocenters. The first-order valence-corrected chi connectivity index (χ1v) is 12.0. The Morgan fingerprint density at radius 1 is 0.759 bits per heavy atom. The van der Waals surface area contributed by atoms with Crippen LogP contribution < -0.4 is 5.32 Å². The Hall–Kier alpha value is -0.910. The second-order valence-corrected chi connectivity index (χ2v) is 7.63. The van der Waals surface area contributed by atoms with E-state index in [1.54, 1.807) is 0 Å². The molecule has 1 amide bonds. The molecule has 0 saturated heterocycles. The number of hydrogen-bond donors (Lipinski definition) is 2. The average molecular weight is 414 g/mol. The topological polar surface area (TPSA) is 67.8 Å². The van der Waals surface area contributed by atoms with Gasteiger partial charge in [0.05, 0.1) is 33.0 Å². The summed E-state index contributed by atoms with van der Waals surface area (Å²) in [4.78, 5) is 11.7. The molecule has 0 rings (SSSR count).